The molecule has 0 aliphatic rings. The van der Waals surface area contributed by atoms with Gasteiger partial charge in [-0.15, -0.1) is 0 Å². The number of aromatic carboxylic acids is 1. The van der Waals surface area contributed by atoms with E-state index in [1.807, 2.05) is 20.8 Å². The van der Waals surface area contributed by atoms with Crippen molar-refractivity contribution < 1.29 is 24.2 Å². The zero-order chi connectivity index (χ0) is 22.8. The van der Waals surface area contributed by atoms with Gasteiger partial charge in [0.2, 0.25) is 5.88 Å². The summed E-state index contributed by atoms with van der Waals surface area (Å²) in [6.45, 7) is 7.36. The Morgan fingerprint density at radius 3 is 2.39 bits per heavy atom. The van der Waals surface area contributed by atoms with E-state index in [0.717, 1.165) is 5.56 Å². The zero-order valence-corrected chi connectivity index (χ0v) is 18.4. The molecule has 0 aliphatic heterocycles. The molecule has 0 spiro atoms. The summed E-state index contributed by atoms with van der Waals surface area (Å²) in [5.41, 5.74) is 1.90. The lowest BCUT2D eigenvalue weighted by molar-refractivity contribution is 0.00692. The lowest BCUT2D eigenvalue weighted by atomic mass is 10.1. The molecule has 0 radical (unpaired) electrons. The molecular weight excluding hydrogens is 420 g/mol. The molecule has 7 nitrogen and oxygen atoms in total. The van der Waals surface area contributed by atoms with Gasteiger partial charge in [-0.25, -0.2) is 9.59 Å². The van der Waals surface area contributed by atoms with Crippen molar-refractivity contribution in [3.05, 3.63) is 75.9 Å². The van der Waals surface area contributed by atoms with Gasteiger partial charge in [-0.1, -0.05) is 29.8 Å². The van der Waals surface area contributed by atoms with Gasteiger partial charge in [0.1, 0.15) is 17.2 Å². The highest BCUT2D eigenvalue weighted by Crippen LogP contribution is 2.31. The van der Waals surface area contributed by atoms with Gasteiger partial charge >= 0.3 is 11.9 Å². The fourth-order valence-corrected chi connectivity index (χ4v) is 2.96. The topological polar surface area (TPSA) is 90.7 Å². The molecule has 0 bridgehead atoms. The molecular formula is C23H23ClN2O5. The number of carbonyl (C=O) groups excluding carboxylic acids is 1. The number of esters is 1. The van der Waals surface area contributed by atoms with Crippen molar-refractivity contribution in [3.8, 4) is 11.6 Å². The summed E-state index contributed by atoms with van der Waals surface area (Å²) in [6, 6.07) is 13.2. The molecule has 0 fully saturated rings. The highest BCUT2D eigenvalue weighted by Gasteiger charge is 2.19. The van der Waals surface area contributed by atoms with Crippen LogP contribution in [0.4, 0.5) is 0 Å². The Balaban J connectivity index is 1.79. The molecule has 162 valence electrons. The second-order valence-electron chi connectivity index (χ2n) is 7.96. The summed E-state index contributed by atoms with van der Waals surface area (Å²) in [7, 11) is 0. The number of aryl methyl sites for hydroxylation is 1. The van der Waals surface area contributed by atoms with E-state index >= 15 is 0 Å². The number of carbonyl (C=O) groups is 2. The molecule has 31 heavy (non-hydrogen) atoms. The SMILES string of the molecule is Cc1nn(-c2cccc(C(=O)O)c2)c(OCc2ccc(C(=O)OC(C)(C)C)cc2)c1Cl. The Morgan fingerprint density at radius 2 is 1.77 bits per heavy atom. The van der Waals surface area contributed by atoms with E-state index in [-0.39, 0.29) is 12.2 Å². The van der Waals surface area contributed by atoms with Gasteiger partial charge in [-0.2, -0.15) is 9.78 Å². The number of hydrogen-bond donors (Lipinski definition) is 1. The quantitative estimate of drug-likeness (QED) is 0.536. The number of ether oxygens (including phenoxy) is 2. The lowest BCUT2D eigenvalue weighted by Crippen LogP contribution is -2.23. The highest BCUT2D eigenvalue weighted by molar-refractivity contribution is 6.32. The zero-order valence-electron chi connectivity index (χ0n) is 17.7. The molecule has 1 N–H and O–H groups in total. The van der Waals surface area contributed by atoms with Crippen molar-refractivity contribution in [2.75, 3.05) is 0 Å². The maximum Gasteiger partial charge on any atom is 0.338 e. The number of nitrogens with zero attached hydrogens (tertiary/aromatic N) is 2. The molecule has 0 amide bonds. The van der Waals surface area contributed by atoms with Crippen LogP contribution in [0.25, 0.3) is 5.69 Å². The van der Waals surface area contributed by atoms with Gasteiger partial charge in [0.05, 0.1) is 22.5 Å². The first-order valence-electron chi connectivity index (χ1n) is 9.59. The van der Waals surface area contributed by atoms with Crippen LogP contribution in [0.1, 0.15) is 52.7 Å². The molecule has 0 saturated heterocycles. The summed E-state index contributed by atoms with van der Waals surface area (Å²) >= 11 is 6.37. The van der Waals surface area contributed by atoms with Crippen LogP contribution in [0.3, 0.4) is 0 Å². The largest absolute Gasteiger partial charge is 0.478 e. The monoisotopic (exact) mass is 442 g/mol. The van der Waals surface area contributed by atoms with Gasteiger partial charge in [0, 0.05) is 0 Å². The molecule has 1 aromatic heterocycles. The minimum absolute atomic E-state index is 0.130. The van der Waals surface area contributed by atoms with E-state index in [2.05, 4.69) is 5.10 Å². The molecule has 2 aromatic carbocycles. The van der Waals surface area contributed by atoms with Crippen LogP contribution in [-0.4, -0.2) is 32.4 Å². The predicted molar refractivity (Wildman–Crippen MR) is 116 cm³/mol. The molecule has 3 rings (SSSR count). The van der Waals surface area contributed by atoms with Crippen LogP contribution in [0.5, 0.6) is 5.88 Å². The van der Waals surface area contributed by atoms with E-state index in [9.17, 15) is 14.7 Å². The first-order chi connectivity index (χ1) is 14.5. The Hall–Kier alpha value is -3.32. The average molecular weight is 443 g/mol. The van der Waals surface area contributed by atoms with Gasteiger partial charge in [0.25, 0.3) is 0 Å². The second kappa shape index (κ2) is 8.81. The Bertz CT molecular complexity index is 1110. The Labute approximate surface area is 185 Å². The first-order valence-corrected chi connectivity index (χ1v) is 9.97. The molecule has 0 aliphatic carbocycles. The van der Waals surface area contributed by atoms with E-state index in [0.29, 0.717) is 27.8 Å². The van der Waals surface area contributed by atoms with E-state index in [4.69, 9.17) is 21.1 Å². The van der Waals surface area contributed by atoms with Crippen LogP contribution < -0.4 is 4.74 Å². The number of carboxylic acids is 1. The number of carboxylic acid groups (broad SMARTS) is 1. The third-order valence-corrected chi connectivity index (χ3v) is 4.68. The number of hydrogen-bond acceptors (Lipinski definition) is 5. The van der Waals surface area contributed by atoms with Crippen LogP contribution in [0.15, 0.2) is 48.5 Å². The van der Waals surface area contributed by atoms with Crippen molar-refractivity contribution in [1.29, 1.82) is 0 Å². The lowest BCUT2D eigenvalue weighted by Gasteiger charge is -2.19. The summed E-state index contributed by atoms with van der Waals surface area (Å²) in [6.07, 6.45) is 0. The smallest absolute Gasteiger partial charge is 0.338 e. The fourth-order valence-electron chi connectivity index (χ4n) is 2.78. The first kappa shape index (κ1) is 22.4. The van der Waals surface area contributed by atoms with Gasteiger partial charge in [-0.3, -0.25) is 0 Å². The number of benzene rings is 2. The van der Waals surface area contributed by atoms with Crippen LogP contribution in [0, 0.1) is 6.92 Å². The summed E-state index contributed by atoms with van der Waals surface area (Å²) < 4.78 is 12.7. The van der Waals surface area contributed by atoms with Crippen LogP contribution in [0.2, 0.25) is 5.02 Å². The van der Waals surface area contributed by atoms with E-state index in [1.165, 1.54) is 16.8 Å². The van der Waals surface area contributed by atoms with Gasteiger partial charge in [0.15, 0.2) is 0 Å². The number of halogens is 1. The normalized spacial score (nSPS) is 11.3. The van der Waals surface area contributed by atoms with E-state index < -0.39 is 17.5 Å². The summed E-state index contributed by atoms with van der Waals surface area (Å²) in [4.78, 5) is 23.4. The fraction of sp³-hybridized carbons (Fsp3) is 0.261. The Morgan fingerprint density at radius 1 is 1.10 bits per heavy atom. The summed E-state index contributed by atoms with van der Waals surface area (Å²) in [5.74, 6) is -1.13. The van der Waals surface area contributed by atoms with Crippen LogP contribution in [-0.2, 0) is 11.3 Å². The number of aromatic nitrogens is 2. The Kier molecular flexibility index (Phi) is 6.36. The van der Waals surface area contributed by atoms with Crippen molar-refractivity contribution in [1.82, 2.24) is 9.78 Å². The standard InChI is InChI=1S/C23H23ClN2O5/c1-14-19(24)20(26(25-14)18-7-5-6-17(12-18)21(27)28)30-13-15-8-10-16(11-9-15)22(29)31-23(2,3)4/h5-12H,13H2,1-4H3,(H,27,28). The number of rotatable bonds is 6. The van der Waals surface area contributed by atoms with Crippen molar-refractivity contribution in [2.45, 2.75) is 39.9 Å². The van der Waals surface area contributed by atoms with Crippen LogP contribution >= 0.6 is 11.6 Å². The summed E-state index contributed by atoms with van der Waals surface area (Å²) in [5, 5.41) is 14.0. The van der Waals surface area contributed by atoms with Gasteiger partial charge < -0.3 is 14.6 Å². The molecule has 0 saturated carbocycles. The highest BCUT2D eigenvalue weighted by atomic mass is 35.5. The third kappa shape index (κ3) is 5.44. The van der Waals surface area contributed by atoms with Crippen molar-refractivity contribution in [3.63, 3.8) is 0 Å². The maximum absolute atomic E-state index is 12.2. The molecule has 1 heterocycles. The molecule has 3 aromatic rings. The van der Waals surface area contributed by atoms with Crippen molar-refractivity contribution >= 4 is 23.5 Å². The second-order valence-corrected chi connectivity index (χ2v) is 8.34. The minimum atomic E-state index is -1.04. The van der Waals surface area contributed by atoms with Gasteiger partial charge in [-0.05, 0) is 63.6 Å². The molecule has 0 unspecified atom stereocenters. The molecule has 8 heteroatoms. The van der Waals surface area contributed by atoms with Crippen molar-refractivity contribution in [2.24, 2.45) is 0 Å². The minimum Gasteiger partial charge on any atom is -0.478 e. The third-order valence-electron chi connectivity index (χ3n) is 4.25. The predicted octanol–water partition coefficient (Wildman–Crippen LogP) is 5.07. The molecule has 0 atom stereocenters. The van der Waals surface area contributed by atoms with E-state index in [1.54, 1.807) is 43.3 Å². The average Bonchev–Trinajstić information content (AvgIpc) is 2.99. The maximum atomic E-state index is 12.2.